The first-order valence-corrected chi connectivity index (χ1v) is 4.30. The summed E-state index contributed by atoms with van der Waals surface area (Å²) in [6, 6.07) is 9.86. The third-order valence-electron chi connectivity index (χ3n) is 1.47. The molecule has 0 saturated heterocycles. The molecular formula is C11H12N2O. The van der Waals surface area contributed by atoms with Gasteiger partial charge in [0, 0.05) is 13.1 Å². The summed E-state index contributed by atoms with van der Waals surface area (Å²) in [5.74, 6) is -0.172. The fourth-order valence-corrected chi connectivity index (χ4v) is 0.889. The minimum Gasteiger partial charge on any atom is -0.274 e. The molecule has 3 nitrogen and oxygen atoms in total. The van der Waals surface area contributed by atoms with Gasteiger partial charge in [-0.05, 0) is 11.6 Å². The molecule has 0 aliphatic heterocycles. The molecular weight excluding hydrogens is 176 g/mol. The lowest BCUT2D eigenvalue weighted by Gasteiger charge is -1.89. The molecule has 0 fully saturated rings. The largest absolute Gasteiger partial charge is 0.274 e. The van der Waals surface area contributed by atoms with Gasteiger partial charge in [-0.3, -0.25) is 4.79 Å². The molecule has 0 aliphatic carbocycles. The monoisotopic (exact) mass is 188 g/mol. The maximum atomic E-state index is 10.4. The molecule has 1 aromatic carbocycles. The second-order valence-electron chi connectivity index (χ2n) is 2.72. The third kappa shape index (κ3) is 4.21. The Bertz CT molecular complexity index is 342. The molecule has 1 rings (SSSR count). The van der Waals surface area contributed by atoms with E-state index in [1.165, 1.54) is 13.1 Å². The molecule has 0 heterocycles. The molecule has 0 atom stereocenters. The highest BCUT2D eigenvalue weighted by Gasteiger charge is 1.81. The maximum Gasteiger partial charge on any atom is 0.236 e. The molecule has 3 heteroatoms. The van der Waals surface area contributed by atoms with Gasteiger partial charge in [-0.1, -0.05) is 36.4 Å². The Kier molecular flexibility index (Phi) is 4.14. The molecule has 0 radical (unpaired) electrons. The molecule has 0 aliphatic rings. The lowest BCUT2D eigenvalue weighted by molar-refractivity contribution is -0.118. The first kappa shape index (κ1) is 10.2. The van der Waals surface area contributed by atoms with E-state index in [-0.39, 0.29) is 5.91 Å². The highest BCUT2D eigenvalue weighted by atomic mass is 16.2. The van der Waals surface area contributed by atoms with Crippen LogP contribution in [0.2, 0.25) is 0 Å². The second kappa shape index (κ2) is 5.70. The lowest BCUT2D eigenvalue weighted by atomic mass is 10.2. The minimum absolute atomic E-state index is 0.172. The molecule has 0 saturated carbocycles. The van der Waals surface area contributed by atoms with Crippen LogP contribution >= 0.6 is 0 Å². The number of carbonyl (C=O) groups is 1. The third-order valence-corrected chi connectivity index (χ3v) is 1.47. The second-order valence-corrected chi connectivity index (χ2v) is 2.72. The Morgan fingerprint density at radius 3 is 2.71 bits per heavy atom. The SMILES string of the molecule is CC(=O)NN=C/C=C/c1ccccc1. The molecule has 1 amide bonds. The summed E-state index contributed by atoms with van der Waals surface area (Å²) in [7, 11) is 0. The zero-order valence-corrected chi connectivity index (χ0v) is 7.97. The molecule has 1 aromatic rings. The number of hydrogen-bond donors (Lipinski definition) is 1. The van der Waals surface area contributed by atoms with Gasteiger partial charge in [0.25, 0.3) is 0 Å². The van der Waals surface area contributed by atoms with Gasteiger partial charge in [0.1, 0.15) is 0 Å². The van der Waals surface area contributed by atoms with E-state index >= 15 is 0 Å². The van der Waals surface area contributed by atoms with Gasteiger partial charge < -0.3 is 0 Å². The minimum atomic E-state index is -0.172. The number of amides is 1. The molecule has 0 bridgehead atoms. The number of hydrogen-bond acceptors (Lipinski definition) is 2. The van der Waals surface area contributed by atoms with Crippen molar-refractivity contribution in [1.82, 2.24) is 5.43 Å². The average molecular weight is 188 g/mol. The zero-order chi connectivity index (χ0) is 10.2. The first-order chi connectivity index (χ1) is 6.79. The van der Waals surface area contributed by atoms with Crippen LogP contribution in [0.3, 0.4) is 0 Å². The predicted octanol–water partition coefficient (Wildman–Crippen LogP) is 1.82. The first-order valence-electron chi connectivity index (χ1n) is 4.30. The number of benzene rings is 1. The van der Waals surface area contributed by atoms with Crippen molar-refractivity contribution in [3.8, 4) is 0 Å². The number of allylic oxidation sites excluding steroid dienone is 1. The summed E-state index contributed by atoms with van der Waals surface area (Å²) in [5.41, 5.74) is 3.41. The van der Waals surface area contributed by atoms with Gasteiger partial charge >= 0.3 is 0 Å². The van der Waals surface area contributed by atoms with Crippen molar-refractivity contribution in [2.45, 2.75) is 6.92 Å². The normalized spacial score (nSPS) is 10.9. The van der Waals surface area contributed by atoms with E-state index in [4.69, 9.17) is 0 Å². The van der Waals surface area contributed by atoms with Crippen LogP contribution in [-0.4, -0.2) is 12.1 Å². The fourth-order valence-electron chi connectivity index (χ4n) is 0.889. The Hall–Kier alpha value is -1.90. The van der Waals surface area contributed by atoms with Crippen molar-refractivity contribution in [2.24, 2.45) is 5.10 Å². The predicted molar refractivity (Wildman–Crippen MR) is 57.8 cm³/mol. The van der Waals surface area contributed by atoms with Gasteiger partial charge in [-0.25, -0.2) is 5.43 Å². The van der Waals surface area contributed by atoms with Crippen LogP contribution in [0.5, 0.6) is 0 Å². The number of nitrogens with zero attached hydrogens (tertiary/aromatic N) is 1. The highest BCUT2D eigenvalue weighted by molar-refractivity contribution is 5.80. The van der Waals surface area contributed by atoms with Gasteiger partial charge in [-0.2, -0.15) is 5.10 Å². The summed E-state index contributed by atoms with van der Waals surface area (Å²) in [4.78, 5) is 10.4. The molecule has 0 unspecified atom stereocenters. The van der Waals surface area contributed by atoms with E-state index in [9.17, 15) is 4.79 Å². The summed E-state index contributed by atoms with van der Waals surface area (Å²) in [6.45, 7) is 1.41. The van der Waals surface area contributed by atoms with Crippen molar-refractivity contribution in [3.05, 3.63) is 42.0 Å². The molecule has 1 N–H and O–H groups in total. The lowest BCUT2D eigenvalue weighted by Crippen LogP contribution is -2.11. The number of hydrazone groups is 1. The van der Waals surface area contributed by atoms with Crippen LogP contribution in [0.1, 0.15) is 12.5 Å². The van der Waals surface area contributed by atoms with Gasteiger partial charge in [-0.15, -0.1) is 0 Å². The summed E-state index contributed by atoms with van der Waals surface area (Å²) >= 11 is 0. The van der Waals surface area contributed by atoms with Crippen LogP contribution < -0.4 is 5.43 Å². The molecule has 14 heavy (non-hydrogen) atoms. The summed E-state index contributed by atoms with van der Waals surface area (Å²) in [6.07, 6.45) is 5.21. The Balaban J connectivity index is 2.42. The van der Waals surface area contributed by atoms with E-state index in [0.29, 0.717) is 0 Å². The van der Waals surface area contributed by atoms with Crippen molar-refractivity contribution in [1.29, 1.82) is 0 Å². The van der Waals surface area contributed by atoms with Crippen LogP contribution in [0.25, 0.3) is 6.08 Å². The number of nitrogens with one attached hydrogen (secondary N) is 1. The van der Waals surface area contributed by atoms with Crippen molar-refractivity contribution in [2.75, 3.05) is 0 Å². The number of carbonyl (C=O) groups excluding carboxylic acids is 1. The molecule has 0 aromatic heterocycles. The maximum absolute atomic E-state index is 10.4. The van der Waals surface area contributed by atoms with Crippen molar-refractivity contribution in [3.63, 3.8) is 0 Å². The Morgan fingerprint density at radius 2 is 2.07 bits per heavy atom. The Morgan fingerprint density at radius 1 is 1.36 bits per heavy atom. The Labute approximate surface area is 83.1 Å². The smallest absolute Gasteiger partial charge is 0.236 e. The van der Waals surface area contributed by atoms with E-state index in [1.807, 2.05) is 36.4 Å². The topological polar surface area (TPSA) is 41.5 Å². The number of rotatable bonds is 3. The van der Waals surface area contributed by atoms with Gasteiger partial charge in [0.15, 0.2) is 0 Å². The van der Waals surface area contributed by atoms with E-state index in [2.05, 4.69) is 10.5 Å². The van der Waals surface area contributed by atoms with Crippen molar-refractivity contribution < 1.29 is 4.79 Å². The van der Waals surface area contributed by atoms with Crippen LogP contribution in [0.4, 0.5) is 0 Å². The fraction of sp³-hybridized carbons (Fsp3) is 0.0909. The van der Waals surface area contributed by atoms with E-state index in [0.717, 1.165) is 5.56 Å². The summed E-state index contributed by atoms with van der Waals surface area (Å²) in [5, 5.41) is 3.67. The summed E-state index contributed by atoms with van der Waals surface area (Å²) < 4.78 is 0. The van der Waals surface area contributed by atoms with E-state index in [1.54, 1.807) is 6.08 Å². The van der Waals surface area contributed by atoms with Crippen LogP contribution in [0.15, 0.2) is 41.5 Å². The van der Waals surface area contributed by atoms with Gasteiger partial charge in [0.2, 0.25) is 5.91 Å². The standard InChI is InChI=1S/C11H12N2O/c1-10(14)13-12-9-5-8-11-6-3-2-4-7-11/h2-9H,1H3,(H,13,14)/b8-5+,12-9?. The van der Waals surface area contributed by atoms with Crippen LogP contribution in [0, 0.1) is 0 Å². The van der Waals surface area contributed by atoms with Crippen LogP contribution in [-0.2, 0) is 4.79 Å². The average Bonchev–Trinajstić information content (AvgIpc) is 2.18. The highest BCUT2D eigenvalue weighted by Crippen LogP contribution is 1.99. The van der Waals surface area contributed by atoms with E-state index < -0.39 is 0 Å². The molecule has 0 spiro atoms. The zero-order valence-electron chi connectivity index (χ0n) is 7.97. The van der Waals surface area contributed by atoms with Crippen molar-refractivity contribution >= 4 is 18.2 Å². The molecule has 72 valence electrons. The quantitative estimate of drug-likeness (QED) is 0.570. The van der Waals surface area contributed by atoms with Gasteiger partial charge in [0.05, 0.1) is 0 Å².